The molecule has 4 aliphatic rings. The third-order valence-electron chi connectivity index (χ3n) is 10.5. The third kappa shape index (κ3) is 7.53. The predicted molar refractivity (Wildman–Crippen MR) is 195 cm³/mol. The Morgan fingerprint density at radius 3 is 2.64 bits per heavy atom. The van der Waals surface area contributed by atoms with Gasteiger partial charge in [-0.3, -0.25) is 19.4 Å². The van der Waals surface area contributed by atoms with Crippen molar-refractivity contribution in [3.05, 3.63) is 71.8 Å². The van der Waals surface area contributed by atoms with E-state index in [1.165, 1.54) is 37.9 Å². The van der Waals surface area contributed by atoms with Crippen LogP contribution in [-0.2, 0) is 16.1 Å². The second kappa shape index (κ2) is 15.1. The van der Waals surface area contributed by atoms with Crippen molar-refractivity contribution in [3.63, 3.8) is 0 Å². The van der Waals surface area contributed by atoms with E-state index in [1.807, 2.05) is 18.2 Å². The van der Waals surface area contributed by atoms with Gasteiger partial charge in [-0.1, -0.05) is 30.3 Å². The lowest BCUT2D eigenvalue weighted by Crippen LogP contribution is -2.57. The lowest BCUT2D eigenvalue weighted by molar-refractivity contribution is -0.111. The number of anilines is 5. The number of carbonyl (C=O) groups excluding carboxylic acids is 1. The lowest BCUT2D eigenvalue weighted by Gasteiger charge is -2.46. The standard InChI is InChI=1S/C37H46ClFN8O3/c1-4-36(48)43-30-19-31(42-34-21-35(41-23-40-34)47-28(12-17-50-47)18-25-6-5-7-29(39)37(25)38)33(49-3)20-32(30)44-13-10-26(11-14-44)45-15-16-46(24(2)22-45)27-8-9-27/h4-7,19-21,23-24,26-28H,1,8-18,22H2,2-3H3,(H,43,48)(H,40,41,42)/t24-,28+/m0/s1. The Hall–Kier alpha value is -3.97. The van der Waals surface area contributed by atoms with Gasteiger partial charge in [-0.15, -0.1) is 0 Å². The van der Waals surface area contributed by atoms with Crippen LogP contribution in [0.3, 0.4) is 0 Å². The highest BCUT2D eigenvalue weighted by molar-refractivity contribution is 6.31. The maximum Gasteiger partial charge on any atom is 0.247 e. The number of nitrogens with zero attached hydrogens (tertiary/aromatic N) is 6. The van der Waals surface area contributed by atoms with E-state index in [9.17, 15) is 9.18 Å². The van der Waals surface area contributed by atoms with Gasteiger partial charge in [0.2, 0.25) is 5.91 Å². The molecule has 4 fully saturated rings. The molecule has 3 aromatic rings. The van der Waals surface area contributed by atoms with Gasteiger partial charge in [0.1, 0.15) is 23.7 Å². The van der Waals surface area contributed by atoms with Crippen molar-refractivity contribution in [1.82, 2.24) is 19.8 Å². The van der Waals surface area contributed by atoms with Crippen molar-refractivity contribution in [2.24, 2.45) is 0 Å². The van der Waals surface area contributed by atoms with Crippen LogP contribution in [0, 0.1) is 5.82 Å². The summed E-state index contributed by atoms with van der Waals surface area (Å²) in [7, 11) is 1.63. The second-order valence-corrected chi connectivity index (χ2v) is 14.1. The highest BCUT2D eigenvalue weighted by atomic mass is 35.5. The summed E-state index contributed by atoms with van der Waals surface area (Å²) in [5.74, 6) is 0.944. The molecule has 3 aliphatic heterocycles. The molecule has 0 spiro atoms. The number of piperidine rings is 1. The quantitative estimate of drug-likeness (QED) is 0.230. The molecule has 7 rings (SSSR count). The molecule has 50 heavy (non-hydrogen) atoms. The highest BCUT2D eigenvalue weighted by Gasteiger charge is 2.37. The van der Waals surface area contributed by atoms with E-state index in [0.717, 1.165) is 57.2 Å². The maximum absolute atomic E-state index is 14.1. The normalized spacial score (nSPS) is 22.1. The van der Waals surface area contributed by atoms with Gasteiger partial charge in [-0.2, -0.15) is 0 Å². The van der Waals surface area contributed by atoms with Crippen LogP contribution in [-0.4, -0.2) is 96.3 Å². The van der Waals surface area contributed by atoms with Gasteiger partial charge < -0.3 is 20.3 Å². The second-order valence-electron chi connectivity index (χ2n) is 13.7. The largest absolute Gasteiger partial charge is 0.494 e. The zero-order valence-electron chi connectivity index (χ0n) is 28.8. The predicted octanol–water partition coefficient (Wildman–Crippen LogP) is 6.04. The summed E-state index contributed by atoms with van der Waals surface area (Å²) in [5.41, 5.74) is 2.90. The molecule has 1 saturated carbocycles. The molecule has 13 heteroatoms. The average Bonchev–Trinajstić information content (AvgIpc) is 3.87. The van der Waals surface area contributed by atoms with Crippen molar-refractivity contribution in [2.75, 3.05) is 67.0 Å². The van der Waals surface area contributed by atoms with Gasteiger partial charge in [0.15, 0.2) is 5.82 Å². The van der Waals surface area contributed by atoms with E-state index >= 15 is 0 Å². The number of carbonyl (C=O) groups is 1. The molecule has 4 heterocycles. The van der Waals surface area contributed by atoms with Crippen LogP contribution in [0.5, 0.6) is 5.75 Å². The Labute approximate surface area is 298 Å². The summed E-state index contributed by atoms with van der Waals surface area (Å²) < 4.78 is 20.0. The molecule has 0 bridgehead atoms. The van der Waals surface area contributed by atoms with Gasteiger partial charge in [-0.05, 0) is 69.2 Å². The summed E-state index contributed by atoms with van der Waals surface area (Å²) >= 11 is 6.26. The van der Waals surface area contributed by atoms with Gasteiger partial charge >= 0.3 is 0 Å². The van der Waals surface area contributed by atoms with E-state index < -0.39 is 5.82 Å². The summed E-state index contributed by atoms with van der Waals surface area (Å²) in [6.07, 6.45) is 8.79. The van der Waals surface area contributed by atoms with Crippen LogP contribution in [0.25, 0.3) is 0 Å². The Kier molecular flexibility index (Phi) is 10.4. The van der Waals surface area contributed by atoms with Gasteiger partial charge in [0, 0.05) is 63.0 Å². The molecule has 3 saturated heterocycles. The van der Waals surface area contributed by atoms with E-state index in [-0.39, 0.29) is 17.0 Å². The first-order valence-electron chi connectivity index (χ1n) is 17.7. The van der Waals surface area contributed by atoms with Crippen molar-refractivity contribution < 1.29 is 18.8 Å². The first-order chi connectivity index (χ1) is 24.3. The number of benzene rings is 2. The first kappa shape index (κ1) is 34.5. The molecule has 1 amide bonds. The topological polar surface area (TPSA) is 98.3 Å². The van der Waals surface area contributed by atoms with Gasteiger partial charge in [-0.25, -0.2) is 19.4 Å². The summed E-state index contributed by atoms with van der Waals surface area (Å²) in [6.45, 7) is 11.7. The molecule has 2 atom stereocenters. The van der Waals surface area contributed by atoms with Crippen molar-refractivity contribution in [1.29, 1.82) is 0 Å². The zero-order chi connectivity index (χ0) is 34.8. The fourth-order valence-electron chi connectivity index (χ4n) is 7.71. The van der Waals surface area contributed by atoms with E-state index in [0.29, 0.717) is 59.4 Å². The minimum Gasteiger partial charge on any atom is -0.494 e. The molecular formula is C37H46ClFN8O3. The number of aromatic nitrogens is 2. The minimum atomic E-state index is -0.441. The monoisotopic (exact) mass is 704 g/mol. The van der Waals surface area contributed by atoms with Crippen LogP contribution in [0.1, 0.15) is 44.6 Å². The summed E-state index contributed by atoms with van der Waals surface area (Å²) in [4.78, 5) is 35.2. The zero-order valence-corrected chi connectivity index (χ0v) is 29.5. The van der Waals surface area contributed by atoms with Gasteiger partial charge in [0.25, 0.3) is 0 Å². The molecular weight excluding hydrogens is 659 g/mol. The van der Waals surface area contributed by atoms with Crippen LogP contribution < -0.4 is 25.3 Å². The number of amides is 1. The molecule has 2 aromatic carbocycles. The fourth-order valence-corrected chi connectivity index (χ4v) is 7.92. The first-order valence-corrected chi connectivity index (χ1v) is 18.0. The average molecular weight is 705 g/mol. The minimum absolute atomic E-state index is 0.0912. The summed E-state index contributed by atoms with van der Waals surface area (Å²) in [5, 5.41) is 8.25. The van der Waals surface area contributed by atoms with Crippen molar-refractivity contribution in [3.8, 4) is 5.75 Å². The van der Waals surface area contributed by atoms with E-state index in [2.05, 4.69) is 48.8 Å². The summed E-state index contributed by atoms with van der Waals surface area (Å²) in [6, 6.07) is 12.4. The number of halogens is 2. The van der Waals surface area contributed by atoms with E-state index in [1.54, 1.807) is 24.3 Å². The molecule has 1 aromatic heterocycles. The molecule has 266 valence electrons. The maximum atomic E-state index is 14.1. The Morgan fingerprint density at radius 1 is 1.08 bits per heavy atom. The number of rotatable bonds is 11. The number of nitrogens with one attached hydrogen (secondary N) is 2. The molecule has 11 nitrogen and oxygen atoms in total. The number of ether oxygens (including phenoxy) is 1. The number of hydrogen-bond donors (Lipinski definition) is 2. The highest BCUT2D eigenvalue weighted by Crippen LogP contribution is 2.40. The lowest BCUT2D eigenvalue weighted by atomic mass is 9.99. The molecule has 1 aliphatic carbocycles. The van der Waals surface area contributed by atoms with E-state index in [4.69, 9.17) is 21.2 Å². The Balaban J connectivity index is 1.07. The van der Waals surface area contributed by atoms with Crippen molar-refractivity contribution in [2.45, 2.75) is 69.6 Å². The van der Waals surface area contributed by atoms with Gasteiger partial charge in [0.05, 0.1) is 41.8 Å². The van der Waals surface area contributed by atoms with Crippen molar-refractivity contribution >= 4 is 46.2 Å². The fraction of sp³-hybridized carbons (Fsp3) is 0.486. The Bertz CT molecular complexity index is 1700. The number of hydroxylamine groups is 1. The van der Waals surface area contributed by atoms with Crippen LogP contribution in [0.15, 0.2) is 55.4 Å². The van der Waals surface area contributed by atoms with Crippen LogP contribution in [0.4, 0.5) is 33.1 Å². The van der Waals surface area contributed by atoms with Crippen LogP contribution >= 0.6 is 11.6 Å². The molecule has 2 N–H and O–H groups in total. The third-order valence-corrected chi connectivity index (χ3v) is 10.9. The Morgan fingerprint density at radius 2 is 1.90 bits per heavy atom. The van der Waals surface area contributed by atoms with Crippen LogP contribution in [0.2, 0.25) is 5.02 Å². The molecule has 0 radical (unpaired) electrons. The molecule has 0 unspecified atom stereocenters. The number of methoxy groups -OCH3 is 1. The number of hydrogen-bond acceptors (Lipinski definition) is 10. The SMILES string of the molecule is C=CC(=O)Nc1cc(Nc2cc(N3OCC[C@@H]3Cc3cccc(F)c3Cl)ncn2)c(OC)cc1N1CCC(N2CCN(C3CC3)[C@@H](C)C2)CC1. The smallest absolute Gasteiger partial charge is 0.247 e. The number of piperazine rings is 1.